The molecule has 2 aromatic carbocycles. The van der Waals surface area contributed by atoms with Crippen molar-refractivity contribution in [1.82, 2.24) is 9.55 Å². The number of hydrogen-bond acceptors (Lipinski definition) is 5. The average molecular weight is 347 g/mol. The van der Waals surface area contributed by atoms with Crippen LogP contribution in [0.2, 0.25) is 5.02 Å². The van der Waals surface area contributed by atoms with Crippen LogP contribution < -0.4 is 10.1 Å². The molecule has 0 aliphatic carbocycles. The third-order valence-corrected chi connectivity index (χ3v) is 3.60. The maximum absolute atomic E-state index is 12.5. The quantitative estimate of drug-likeness (QED) is 0.576. The first kappa shape index (κ1) is 15.8. The Morgan fingerprint density at radius 1 is 1.33 bits per heavy atom. The Balaban J connectivity index is 1.99. The number of amides is 1. The first-order chi connectivity index (χ1) is 11.5. The van der Waals surface area contributed by atoms with E-state index in [1.54, 1.807) is 18.2 Å². The van der Waals surface area contributed by atoms with Gasteiger partial charge in [-0.15, -0.1) is 0 Å². The number of hydrogen-bond donors (Lipinski definition) is 1. The molecule has 0 fully saturated rings. The summed E-state index contributed by atoms with van der Waals surface area (Å²) < 4.78 is 6.35. The second-order valence-corrected chi connectivity index (χ2v) is 5.26. The van der Waals surface area contributed by atoms with E-state index in [-0.39, 0.29) is 5.69 Å². The lowest BCUT2D eigenvalue weighted by Gasteiger charge is -2.11. The van der Waals surface area contributed by atoms with Crippen molar-refractivity contribution in [3.8, 4) is 5.75 Å². The number of ether oxygens (including phenoxy) is 1. The van der Waals surface area contributed by atoms with Gasteiger partial charge in [0.05, 0.1) is 28.8 Å². The van der Waals surface area contributed by atoms with Crippen LogP contribution in [0.5, 0.6) is 5.75 Å². The van der Waals surface area contributed by atoms with Crippen LogP contribution in [0.3, 0.4) is 0 Å². The molecule has 0 radical (unpaired) electrons. The number of non-ortho nitro benzene ring substituents is 1. The fourth-order valence-electron chi connectivity index (χ4n) is 2.22. The Morgan fingerprint density at radius 2 is 2.12 bits per heavy atom. The normalized spacial score (nSPS) is 10.6. The molecule has 24 heavy (non-hydrogen) atoms. The van der Waals surface area contributed by atoms with Gasteiger partial charge in [-0.2, -0.15) is 0 Å². The van der Waals surface area contributed by atoms with Crippen LogP contribution in [0.1, 0.15) is 0 Å². The molecule has 1 aromatic heterocycles. The third kappa shape index (κ3) is 2.86. The van der Waals surface area contributed by atoms with E-state index < -0.39 is 11.0 Å². The predicted octanol–water partition coefficient (Wildman–Crippen LogP) is 3.69. The number of anilines is 1. The number of halogens is 1. The number of methoxy groups -OCH3 is 1. The highest BCUT2D eigenvalue weighted by Crippen LogP contribution is 2.28. The summed E-state index contributed by atoms with van der Waals surface area (Å²) in [6, 6.07) is 8.35. The molecule has 122 valence electrons. The second-order valence-electron chi connectivity index (χ2n) is 4.82. The zero-order chi connectivity index (χ0) is 17.3. The highest BCUT2D eigenvalue weighted by atomic mass is 35.5. The molecule has 0 aliphatic rings. The molecule has 0 saturated heterocycles. The molecule has 9 heteroatoms. The van der Waals surface area contributed by atoms with Crippen molar-refractivity contribution in [3.63, 3.8) is 0 Å². The van der Waals surface area contributed by atoms with Crippen LogP contribution in [-0.4, -0.2) is 27.6 Å². The first-order valence-electron chi connectivity index (χ1n) is 6.76. The van der Waals surface area contributed by atoms with Crippen molar-refractivity contribution in [2.24, 2.45) is 0 Å². The smallest absolute Gasteiger partial charge is 0.331 e. The minimum absolute atomic E-state index is 0.127. The predicted molar refractivity (Wildman–Crippen MR) is 88.8 cm³/mol. The molecule has 0 atom stereocenters. The Labute approximate surface area is 140 Å². The molecule has 3 rings (SSSR count). The van der Waals surface area contributed by atoms with Crippen LogP contribution in [0.4, 0.5) is 16.2 Å². The lowest BCUT2D eigenvalue weighted by molar-refractivity contribution is -0.384. The van der Waals surface area contributed by atoms with Gasteiger partial charge in [0, 0.05) is 17.2 Å². The van der Waals surface area contributed by atoms with Crippen LogP contribution in [-0.2, 0) is 0 Å². The second kappa shape index (κ2) is 6.17. The van der Waals surface area contributed by atoms with Crippen molar-refractivity contribution in [2.45, 2.75) is 0 Å². The number of fused-ring (bicyclic) bond motifs is 1. The van der Waals surface area contributed by atoms with E-state index in [2.05, 4.69) is 10.3 Å². The summed E-state index contributed by atoms with van der Waals surface area (Å²) in [5.41, 5.74) is 1.04. The zero-order valence-electron chi connectivity index (χ0n) is 12.4. The molecule has 3 aromatic rings. The van der Waals surface area contributed by atoms with Gasteiger partial charge >= 0.3 is 6.03 Å². The number of imidazole rings is 1. The number of nitrogens with one attached hydrogen (secondary N) is 1. The van der Waals surface area contributed by atoms with Gasteiger partial charge in [0.2, 0.25) is 0 Å². The van der Waals surface area contributed by atoms with Crippen LogP contribution in [0.15, 0.2) is 42.7 Å². The lowest BCUT2D eigenvalue weighted by Crippen LogP contribution is -2.19. The lowest BCUT2D eigenvalue weighted by atomic mass is 10.3. The molecule has 8 nitrogen and oxygen atoms in total. The fourth-order valence-corrected chi connectivity index (χ4v) is 2.40. The Morgan fingerprint density at radius 3 is 2.83 bits per heavy atom. The molecular weight excluding hydrogens is 336 g/mol. The van der Waals surface area contributed by atoms with E-state index in [0.29, 0.717) is 27.5 Å². The summed E-state index contributed by atoms with van der Waals surface area (Å²) >= 11 is 5.93. The van der Waals surface area contributed by atoms with Crippen molar-refractivity contribution in [3.05, 3.63) is 57.9 Å². The summed E-state index contributed by atoms with van der Waals surface area (Å²) in [5.74, 6) is 0.433. The molecule has 0 saturated carbocycles. The van der Waals surface area contributed by atoms with Gasteiger partial charge in [-0.25, -0.2) is 9.78 Å². The average Bonchev–Trinajstić information content (AvgIpc) is 2.98. The highest BCUT2D eigenvalue weighted by molar-refractivity contribution is 6.31. The zero-order valence-corrected chi connectivity index (χ0v) is 13.1. The number of nitro benzene ring substituents is 1. The molecule has 1 N–H and O–H groups in total. The van der Waals surface area contributed by atoms with Gasteiger partial charge in [0.15, 0.2) is 0 Å². The molecule has 0 aliphatic heterocycles. The van der Waals surface area contributed by atoms with E-state index in [1.807, 2.05) is 0 Å². The monoisotopic (exact) mass is 346 g/mol. The molecule has 0 bridgehead atoms. The minimum atomic E-state index is -0.543. The van der Waals surface area contributed by atoms with E-state index in [1.165, 1.54) is 36.2 Å². The van der Waals surface area contributed by atoms with Crippen molar-refractivity contribution >= 4 is 40.0 Å². The summed E-state index contributed by atoms with van der Waals surface area (Å²) in [7, 11) is 1.47. The number of rotatable bonds is 3. The van der Waals surface area contributed by atoms with Gasteiger partial charge in [0.25, 0.3) is 5.69 Å². The molecule has 1 heterocycles. The maximum Gasteiger partial charge on any atom is 0.331 e. The largest absolute Gasteiger partial charge is 0.495 e. The number of carbonyl (C=O) groups excluding carboxylic acids is 1. The van der Waals surface area contributed by atoms with Gasteiger partial charge in [0.1, 0.15) is 12.1 Å². The van der Waals surface area contributed by atoms with Crippen LogP contribution >= 0.6 is 11.6 Å². The van der Waals surface area contributed by atoms with E-state index >= 15 is 0 Å². The van der Waals surface area contributed by atoms with Gasteiger partial charge in [-0.1, -0.05) is 11.6 Å². The molecule has 0 spiro atoms. The number of nitrogens with zero attached hydrogens (tertiary/aromatic N) is 3. The van der Waals surface area contributed by atoms with E-state index in [4.69, 9.17) is 16.3 Å². The summed E-state index contributed by atoms with van der Waals surface area (Å²) in [6.45, 7) is 0. The van der Waals surface area contributed by atoms with Crippen molar-refractivity contribution in [1.29, 1.82) is 0 Å². The standard InChI is InChI=1S/C15H11ClN4O4/c1-24-14-5-2-9(16)6-12(14)18-15(21)19-8-17-11-4-3-10(20(22)23)7-13(11)19/h2-8H,1H3,(H,18,21). The first-order valence-corrected chi connectivity index (χ1v) is 7.14. The highest BCUT2D eigenvalue weighted by Gasteiger charge is 2.16. The molecule has 1 amide bonds. The molecule has 0 unspecified atom stereocenters. The van der Waals surface area contributed by atoms with Crippen LogP contribution in [0.25, 0.3) is 11.0 Å². The fraction of sp³-hybridized carbons (Fsp3) is 0.0667. The van der Waals surface area contributed by atoms with E-state index in [0.717, 1.165) is 0 Å². The number of aromatic nitrogens is 2. The Kier molecular flexibility index (Phi) is 4.05. The van der Waals surface area contributed by atoms with Gasteiger partial charge < -0.3 is 10.1 Å². The summed E-state index contributed by atoms with van der Waals surface area (Å²) in [5, 5.41) is 14.0. The summed E-state index contributed by atoms with van der Waals surface area (Å²) in [6.07, 6.45) is 1.29. The van der Waals surface area contributed by atoms with Crippen molar-refractivity contribution < 1.29 is 14.5 Å². The molecular formula is C15H11ClN4O4. The number of benzene rings is 2. The third-order valence-electron chi connectivity index (χ3n) is 3.36. The van der Waals surface area contributed by atoms with Gasteiger partial charge in [-0.05, 0) is 24.3 Å². The topological polar surface area (TPSA) is 99.3 Å². The van der Waals surface area contributed by atoms with E-state index in [9.17, 15) is 14.9 Å². The minimum Gasteiger partial charge on any atom is -0.495 e. The number of carbonyl (C=O) groups is 1. The van der Waals surface area contributed by atoms with Crippen molar-refractivity contribution in [2.75, 3.05) is 12.4 Å². The SMILES string of the molecule is COc1ccc(Cl)cc1NC(=O)n1cnc2ccc([N+](=O)[O-])cc21. The van der Waals surface area contributed by atoms with Gasteiger partial charge in [-0.3, -0.25) is 14.7 Å². The maximum atomic E-state index is 12.5. The number of nitro groups is 1. The summed E-state index contributed by atoms with van der Waals surface area (Å²) in [4.78, 5) is 26.9. The Hall–Kier alpha value is -3.13. The van der Waals surface area contributed by atoms with Crippen LogP contribution in [0, 0.1) is 10.1 Å². The Bertz CT molecular complexity index is 954.